The van der Waals surface area contributed by atoms with Gasteiger partial charge < -0.3 is 20.9 Å². The van der Waals surface area contributed by atoms with Gasteiger partial charge in [-0.2, -0.15) is 0 Å². The molecule has 2 atom stereocenters. The minimum Gasteiger partial charge on any atom is -0.354 e. The summed E-state index contributed by atoms with van der Waals surface area (Å²) in [5.41, 5.74) is 7.05. The Bertz CT molecular complexity index is 609. The Morgan fingerprint density at radius 3 is 2.57 bits per heavy atom. The number of halogens is 3. The predicted molar refractivity (Wildman–Crippen MR) is 122 cm³/mol. The molecule has 1 saturated heterocycles. The van der Waals surface area contributed by atoms with E-state index in [9.17, 15) is 4.79 Å². The van der Waals surface area contributed by atoms with E-state index in [4.69, 9.17) is 5.73 Å². The number of hydrogen-bond donors (Lipinski definition) is 2. The molecule has 1 aliphatic carbocycles. The van der Waals surface area contributed by atoms with Crippen LogP contribution in [0.3, 0.4) is 0 Å². The first kappa shape index (κ1) is 27.2. The lowest BCUT2D eigenvalue weighted by Gasteiger charge is -2.37. The van der Waals surface area contributed by atoms with Gasteiger partial charge in [-0.05, 0) is 44.5 Å². The molecule has 0 aromatic carbocycles. The molecule has 2 heterocycles. The second kappa shape index (κ2) is 12.0. The Kier molecular flexibility index (Phi) is 11.7. The van der Waals surface area contributed by atoms with E-state index >= 15 is 0 Å². The van der Waals surface area contributed by atoms with Crippen molar-refractivity contribution in [1.29, 1.82) is 0 Å². The molecule has 0 radical (unpaired) electrons. The van der Waals surface area contributed by atoms with Crippen LogP contribution in [0.25, 0.3) is 0 Å². The summed E-state index contributed by atoms with van der Waals surface area (Å²) in [5.74, 6) is 1.00. The molecule has 1 aromatic heterocycles. The average Bonchev–Trinajstić information content (AvgIpc) is 2.60. The van der Waals surface area contributed by atoms with E-state index in [1.165, 1.54) is 0 Å². The number of piperazine rings is 1. The summed E-state index contributed by atoms with van der Waals surface area (Å²) in [5, 5.41) is 3.09. The summed E-state index contributed by atoms with van der Waals surface area (Å²) in [7, 11) is 2.15. The number of aromatic nitrogens is 1. The van der Waals surface area contributed by atoms with Gasteiger partial charge in [0.25, 0.3) is 0 Å². The number of nitrogens with zero attached hydrogens (tertiary/aromatic N) is 3. The minimum atomic E-state index is -0.383. The number of carbonyl (C=O) groups is 1. The lowest BCUT2D eigenvalue weighted by atomic mass is 9.74. The summed E-state index contributed by atoms with van der Waals surface area (Å²) in [6, 6.07) is 4.07. The normalized spacial score (nSPS) is 25.0. The highest BCUT2D eigenvalue weighted by atomic mass is 35.5. The lowest BCUT2D eigenvalue weighted by molar-refractivity contribution is -0.128. The van der Waals surface area contributed by atoms with Gasteiger partial charge >= 0.3 is 0 Å². The third-order valence-electron chi connectivity index (χ3n) is 5.67. The van der Waals surface area contributed by atoms with Crippen LogP contribution in [0.1, 0.15) is 38.2 Å². The molecule has 1 amide bonds. The van der Waals surface area contributed by atoms with E-state index in [0.717, 1.165) is 63.2 Å². The van der Waals surface area contributed by atoms with Crippen LogP contribution in [0.15, 0.2) is 18.3 Å². The van der Waals surface area contributed by atoms with Crippen LogP contribution in [0, 0.1) is 5.92 Å². The molecule has 2 unspecified atom stereocenters. The van der Waals surface area contributed by atoms with Crippen LogP contribution in [-0.4, -0.2) is 54.6 Å². The van der Waals surface area contributed by atoms with Crippen molar-refractivity contribution < 1.29 is 4.79 Å². The zero-order chi connectivity index (χ0) is 17.9. The van der Waals surface area contributed by atoms with Crippen molar-refractivity contribution in [1.82, 2.24) is 15.2 Å². The van der Waals surface area contributed by atoms with Gasteiger partial charge in [0.1, 0.15) is 5.82 Å². The number of hydrogen-bond acceptors (Lipinski definition) is 5. The van der Waals surface area contributed by atoms with Crippen LogP contribution < -0.4 is 16.0 Å². The van der Waals surface area contributed by atoms with Crippen LogP contribution in [0.4, 0.5) is 5.82 Å². The lowest BCUT2D eigenvalue weighted by Crippen LogP contribution is -2.52. The third kappa shape index (κ3) is 6.92. The molecule has 2 fully saturated rings. The Morgan fingerprint density at radius 1 is 1.25 bits per heavy atom. The maximum absolute atomic E-state index is 12.6. The van der Waals surface area contributed by atoms with E-state index in [1.807, 2.05) is 19.2 Å². The number of carbonyl (C=O) groups excluding carboxylic acids is 1. The zero-order valence-corrected chi connectivity index (χ0v) is 19.2. The van der Waals surface area contributed by atoms with Gasteiger partial charge in [0, 0.05) is 44.5 Å². The van der Waals surface area contributed by atoms with Gasteiger partial charge in [-0.3, -0.25) is 4.79 Å². The smallest absolute Gasteiger partial charge is 0.225 e. The molecule has 9 heteroatoms. The van der Waals surface area contributed by atoms with E-state index in [2.05, 4.69) is 33.2 Å². The van der Waals surface area contributed by atoms with E-state index in [-0.39, 0.29) is 54.6 Å². The van der Waals surface area contributed by atoms with Gasteiger partial charge in [0.05, 0.1) is 5.92 Å². The fraction of sp³-hybridized carbons (Fsp3) is 0.684. The molecule has 2 aliphatic rings. The highest BCUT2D eigenvalue weighted by molar-refractivity contribution is 5.86. The van der Waals surface area contributed by atoms with Gasteiger partial charge in [-0.15, -0.1) is 37.2 Å². The van der Waals surface area contributed by atoms with Crippen molar-refractivity contribution in [3.05, 3.63) is 23.9 Å². The fourth-order valence-corrected chi connectivity index (χ4v) is 3.88. The molecular weight excluding hydrogens is 421 g/mol. The van der Waals surface area contributed by atoms with Gasteiger partial charge in [-0.25, -0.2) is 4.98 Å². The monoisotopic (exact) mass is 453 g/mol. The quantitative estimate of drug-likeness (QED) is 0.731. The molecular formula is C19H34Cl3N5O. The molecule has 162 valence electrons. The highest BCUT2D eigenvalue weighted by Gasteiger charge is 2.37. The van der Waals surface area contributed by atoms with E-state index in [0.29, 0.717) is 6.54 Å². The van der Waals surface area contributed by atoms with Crippen LogP contribution in [-0.2, 0) is 11.3 Å². The summed E-state index contributed by atoms with van der Waals surface area (Å²) in [4.78, 5) is 21.7. The number of rotatable bonds is 4. The number of pyridine rings is 1. The zero-order valence-electron chi connectivity index (χ0n) is 16.7. The van der Waals surface area contributed by atoms with Crippen molar-refractivity contribution in [3.63, 3.8) is 0 Å². The first-order chi connectivity index (χ1) is 12.0. The number of likely N-dealkylation sites (N-methyl/N-ethyl adjacent to an activating group) is 1. The summed E-state index contributed by atoms with van der Waals surface area (Å²) < 4.78 is 0. The number of anilines is 1. The van der Waals surface area contributed by atoms with E-state index in [1.54, 1.807) is 0 Å². The van der Waals surface area contributed by atoms with Crippen molar-refractivity contribution in [3.8, 4) is 0 Å². The van der Waals surface area contributed by atoms with E-state index < -0.39 is 0 Å². The molecule has 6 nitrogen and oxygen atoms in total. The molecule has 1 aromatic rings. The summed E-state index contributed by atoms with van der Waals surface area (Å²) in [6.45, 7) is 6.64. The highest BCUT2D eigenvalue weighted by Crippen LogP contribution is 2.31. The molecule has 28 heavy (non-hydrogen) atoms. The molecule has 1 aliphatic heterocycles. The van der Waals surface area contributed by atoms with Crippen molar-refractivity contribution >= 4 is 48.9 Å². The molecule has 3 rings (SSSR count). The van der Waals surface area contributed by atoms with Crippen molar-refractivity contribution in [2.75, 3.05) is 38.1 Å². The number of nitrogens with one attached hydrogen (secondary N) is 1. The van der Waals surface area contributed by atoms with Crippen LogP contribution >= 0.6 is 37.2 Å². The number of amides is 1. The SMILES string of the molecule is CN1CCN(c2cc(CNC(=O)C3CCCCC3(C)N)ccn2)CC1.Cl.Cl.Cl. The molecule has 0 spiro atoms. The van der Waals surface area contributed by atoms with Crippen molar-refractivity contribution in [2.45, 2.75) is 44.7 Å². The Morgan fingerprint density at radius 2 is 1.93 bits per heavy atom. The molecule has 1 saturated carbocycles. The third-order valence-corrected chi connectivity index (χ3v) is 5.67. The second-order valence-electron chi connectivity index (χ2n) is 7.83. The van der Waals surface area contributed by atoms with Gasteiger partial charge in [-0.1, -0.05) is 12.8 Å². The molecule has 3 N–H and O–H groups in total. The summed E-state index contributed by atoms with van der Waals surface area (Å²) >= 11 is 0. The molecule has 0 bridgehead atoms. The fourth-order valence-electron chi connectivity index (χ4n) is 3.88. The maximum Gasteiger partial charge on any atom is 0.225 e. The first-order valence-corrected chi connectivity index (χ1v) is 9.41. The number of nitrogens with two attached hydrogens (primary N) is 1. The predicted octanol–water partition coefficient (Wildman–Crippen LogP) is 2.62. The van der Waals surface area contributed by atoms with Crippen LogP contribution in [0.5, 0.6) is 0 Å². The van der Waals surface area contributed by atoms with Crippen molar-refractivity contribution in [2.24, 2.45) is 11.7 Å². The van der Waals surface area contributed by atoms with Gasteiger partial charge in [0.15, 0.2) is 0 Å². The first-order valence-electron chi connectivity index (χ1n) is 9.41. The van der Waals surface area contributed by atoms with Crippen LogP contribution in [0.2, 0.25) is 0 Å². The Labute approximate surface area is 187 Å². The Balaban J connectivity index is 0.00000243. The largest absolute Gasteiger partial charge is 0.354 e. The van der Waals surface area contributed by atoms with Gasteiger partial charge in [0.2, 0.25) is 5.91 Å². The summed E-state index contributed by atoms with van der Waals surface area (Å²) in [6.07, 6.45) is 5.86. The standard InChI is InChI=1S/C19H31N5O.3ClH/c1-19(20)7-4-3-5-16(19)18(25)22-14-15-6-8-21-17(13-15)24-11-9-23(2)10-12-24;;;/h6,8,13,16H,3-5,7,9-12,14,20H2,1-2H3,(H,22,25);3*1H. The minimum absolute atomic E-state index is 0. The Hall–Kier alpha value is -0.790. The average molecular weight is 455 g/mol. The second-order valence-corrected chi connectivity index (χ2v) is 7.83. The maximum atomic E-state index is 12.6. The topological polar surface area (TPSA) is 74.5 Å².